The van der Waals surface area contributed by atoms with Gasteiger partial charge in [0.1, 0.15) is 6.10 Å². The van der Waals surface area contributed by atoms with E-state index in [2.05, 4.69) is 26.8 Å². The lowest BCUT2D eigenvalue weighted by Gasteiger charge is -2.59. The zero-order valence-corrected chi connectivity index (χ0v) is 20.3. The molecule has 0 heterocycles. The van der Waals surface area contributed by atoms with Gasteiger partial charge in [-0.3, -0.25) is 0 Å². The first-order chi connectivity index (χ1) is 15.1. The van der Waals surface area contributed by atoms with Crippen molar-refractivity contribution in [2.75, 3.05) is 0 Å². The average Bonchev–Trinajstić information content (AvgIpc) is 3.12. The van der Waals surface area contributed by atoms with Crippen LogP contribution in [0.2, 0.25) is 0 Å². The van der Waals surface area contributed by atoms with Gasteiger partial charge in [0.2, 0.25) is 0 Å². The third-order valence-electron chi connectivity index (χ3n) is 10.3. The average molecular weight is 437 g/mol. The molecule has 0 aromatic heterocycles. The zero-order valence-electron chi connectivity index (χ0n) is 20.3. The van der Waals surface area contributed by atoms with Crippen molar-refractivity contribution in [2.45, 2.75) is 90.8 Å². The zero-order chi connectivity index (χ0) is 22.7. The number of rotatable bonds is 3. The van der Waals surface area contributed by atoms with Gasteiger partial charge < -0.3 is 9.84 Å². The molecule has 1 N–H and O–H groups in total. The Morgan fingerprint density at radius 2 is 1.78 bits per heavy atom. The van der Waals surface area contributed by atoms with E-state index in [0.29, 0.717) is 17.4 Å². The van der Waals surface area contributed by atoms with Gasteiger partial charge in [-0.15, -0.1) is 0 Å². The van der Waals surface area contributed by atoms with Crippen molar-refractivity contribution in [1.29, 1.82) is 0 Å². The highest BCUT2D eigenvalue weighted by molar-refractivity contribution is 5.89. The molecule has 8 atom stereocenters. The molecule has 4 aliphatic carbocycles. The molecule has 0 saturated heterocycles. The molecule has 4 aliphatic rings. The molecule has 32 heavy (non-hydrogen) atoms. The van der Waals surface area contributed by atoms with E-state index in [1.54, 1.807) is 0 Å². The lowest BCUT2D eigenvalue weighted by molar-refractivity contribution is -0.0804. The third-order valence-corrected chi connectivity index (χ3v) is 10.3. The highest BCUT2D eigenvalue weighted by Gasteiger charge is 2.60. The van der Waals surface area contributed by atoms with Crippen LogP contribution in [0.1, 0.15) is 89.4 Å². The predicted molar refractivity (Wildman–Crippen MR) is 127 cm³/mol. The topological polar surface area (TPSA) is 46.5 Å². The number of benzene rings is 1. The molecule has 174 valence electrons. The van der Waals surface area contributed by atoms with Crippen LogP contribution in [0, 0.1) is 34.5 Å². The minimum Gasteiger partial charge on any atom is -0.459 e. The maximum Gasteiger partial charge on any atom is 0.338 e. The molecular weight excluding hydrogens is 396 g/mol. The Morgan fingerprint density at radius 1 is 1.03 bits per heavy atom. The fourth-order valence-electron chi connectivity index (χ4n) is 8.51. The predicted octanol–water partition coefficient (Wildman–Crippen LogP) is 6.56. The van der Waals surface area contributed by atoms with E-state index >= 15 is 0 Å². The molecule has 3 nitrogen and oxygen atoms in total. The van der Waals surface area contributed by atoms with Crippen molar-refractivity contribution in [3.63, 3.8) is 0 Å². The number of aliphatic hydroxyl groups is 1. The normalized spacial score (nSPS) is 44.0. The van der Waals surface area contributed by atoms with Gasteiger partial charge in [0.05, 0.1) is 11.2 Å². The Hall–Kier alpha value is -1.61. The van der Waals surface area contributed by atoms with E-state index < -0.39 is 5.60 Å². The molecule has 0 amide bonds. The molecule has 3 saturated carbocycles. The first kappa shape index (κ1) is 22.2. The molecule has 5 rings (SSSR count). The van der Waals surface area contributed by atoms with E-state index in [4.69, 9.17) is 4.74 Å². The number of fused-ring (bicyclic) bond motifs is 5. The summed E-state index contributed by atoms with van der Waals surface area (Å²) in [6.07, 6.45) is 11.4. The number of hydrogen-bond acceptors (Lipinski definition) is 3. The third kappa shape index (κ3) is 3.47. The van der Waals surface area contributed by atoms with Gasteiger partial charge in [-0.2, -0.15) is 0 Å². The fourth-order valence-corrected chi connectivity index (χ4v) is 8.51. The maximum absolute atomic E-state index is 12.7. The molecule has 3 fully saturated rings. The number of allylic oxidation sites excluding steroid dienone is 1. The molecule has 0 radical (unpaired) electrons. The van der Waals surface area contributed by atoms with Crippen molar-refractivity contribution >= 4 is 5.97 Å². The lowest BCUT2D eigenvalue weighted by Crippen LogP contribution is -2.52. The summed E-state index contributed by atoms with van der Waals surface area (Å²) >= 11 is 0. The summed E-state index contributed by atoms with van der Waals surface area (Å²) in [7, 11) is 0. The van der Waals surface area contributed by atoms with Crippen LogP contribution in [-0.2, 0) is 4.74 Å². The van der Waals surface area contributed by atoms with Gasteiger partial charge in [-0.25, -0.2) is 4.79 Å². The van der Waals surface area contributed by atoms with Crippen molar-refractivity contribution in [3.05, 3.63) is 47.5 Å². The Kier molecular flexibility index (Phi) is 5.36. The first-order valence-corrected chi connectivity index (χ1v) is 12.8. The summed E-state index contributed by atoms with van der Waals surface area (Å²) in [5, 5.41) is 10.7. The second kappa shape index (κ2) is 7.72. The van der Waals surface area contributed by atoms with Crippen molar-refractivity contribution < 1.29 is 14.6 Å². The number of carbonyl (C=O) groups is 1. The van der Waals surface area contributed by atoms with Crippen LogP contribution >= 0.6 is 0 Å². The summed E-state index contributed by atoms with van der Waals surface area (Å²) in [5.41, 5.74) is 2.15. The largest absolute Gasteiger partial charge is 0.459 e. The van der Waals surface area contributed by atoms with Gasteiger partial charge in [0.25, 0.3) is 0 Å². The van der Waals surface area contributed by atoms with Crippen LogP contribution in [0.15, 0.2) is 42.0 Å². The van der Waals surface area contributed by atoms with Gasteiger partial charge in [-0.1, -0.05) is 43.7 Å². The Labute approximate surface area is 193 Å². The number of hydrogen-bond donors (Lipinski definition) is 1. The molecule has 0 spiro atoms. The van der Waals surface area contributed by atoms with Crippen LogP contribution < -0.4 is 0 Å². The van der Waals surface area contributed by atoms with Crippen LogP contribution in [0.3, 0.4) is 0 Å². The van der Waals surface area contributed by atoms with E-state index in [0.717, 1.165) is 43.9 Å². The molecule has 0 unspecified atom stereocenters. The number of ether oxygens (including phenoxy) is 1. The quantitative estimate of drug-likeness (QED) is 0.431. The first-order valence-electron chi connectivity index (χ1n) is 12.8. The summed E-state index contributed by atoms with van der Waals surface area (Å²) in [6, 6.07) is 9.40. The fraction of sp³-hybridized carbons (Fsp3) is 0.690. The van der Waals surface area contributed by atoms with Crippen LogP contribution in [0.25, 0.3) is 0 Å². The molecule has 0 aliphatic heterocycles. The SMILES string of the molecule is C[C@H](OC(=O)c1ccccc1)[C@H]1CC[C@H]2[C@@H]3CC=C4C[C@@](C)(O)CC[C@]4(C)[C@H]3CC[C@]12C. The van der Waals surface area contributed by atoms with E-state index in [9.17, 15) is 9.90 Å². The standard InChI is InChI=1S/C29H40O3/c1-19(32-26(30)20-8-6-5-7-9-20)23-12-13-24-22-11-10-21-18-27(2,31)16-17-28(21,3)25(22)14-15-29(23,24)4/h5-10,19,22-25,31H,11-18H2,1-4H3/t19-,22-,23+,24-,25-,27-,28-,29+/m0/s1. The monoisotopic (exact) mass is 436 g/mol. The van der Waals surface area contributed by atoms with Crippen LogP contribution in [0.5, 0.6) is 0 Å². The highest BCUT2D eigenvalue weighted by Crippen LogP contribution is 2.67. The number of esters is 1. The second-order valence-electron chi connectivity index (χ2n) is 12.1. The van der Waals surface area contributed by atoms with Gasteiger partial charge in [0.15, 0.2) is 0 Å². The van der Waals surface area contributed by atoms with Crippen LogP contribution in [0.4, 0.5) is 0 Å². The molecule has 1 aromatic rings. The summed E-state index contributed by atoms with van der Waals surface area (Å²) in [5.74, 6) is 2.42. The summed E-state index contributed by atoms with van der Waals surface area (Å²) in [6.45, 7) is 9.11. The summed E-state index contributed by atoms with van der Waals surface area (Å²) < 4.78 is 6.02. The van der Waals surface area contributed by atoms with E-state index in [1.807, 2.05) is 37.3 Å². The molecular formula is C29H40O3. The van der Waals surface area contributed by atoms with E-state index in [1.165, 1.54) is 24.8 Å². The Balaban J connectivity index is 1.34. The molecule has 0 bridgehead atoms. The van der Waals surface area contributed by atoms with Crippen LogP contribution in [-0.4, -0.2) is 22.8 Å². The highest BCUT2D eigenvalue weighted by atomic mass is 16.5. The van der Waals surface area contributed by atoms with Crippen molar-refractivity contribution in [1.82, 2.24) is 0 Å². The maximum atomic E-state index is 12.7. The van der Waals surface area contributed by atoms with Crippen molar-refractivity contribution in [3.8, 4) is 0 Å². The minimum atomic E-state index is -0.530. The Morgan fingerprint density at radius 3 is 2.53 bits per heavy atom. The summed E-state index contributed by atoms with van der Waals surface area (Å²) in [4.78, 5) is 12.7. The van der Waals surface area contributed by atoms with Gasteiger partial charge in [-0.05, 0) is 106 Å². The lowest BCUT2D eigenvalue weighted by atomic mass is 9.46. The van der Waals surface area contributed by atoms with Crippen molar-refractivity contribution in [2.24, 2.45) is 34.5 Å². The van der Waals surface area contributed by atoms with Gasteiger partial charge >= 0.3 is 5.97 Å². The minimum absolute atomic E-state index is 0.0516. The molecule has 1 aromatic carbocycles. The molecule has 3 heteroatoms. The Bertz CT molecular complexity index is 902. The van der Waals surface area contributed by atoms with E-state index in [-0.39, 0.29) is 22.9 Å². The van der Waals surface area contributed by atoms with Gasteiger partial charge in [0, 0.05) is 5.92 Å². The smallest absolute Gasteiger partial charge is 0.338 e. The number of carbonyl (C=O) groups excluding carboxylic acids is 1. The second-order valence-corrected chi connectivity index (χ2v) is 12.1.